The highest BCUT2D eigenvalue weighted by molar-refractivity contribution is 9.10. The van der Waals surface area contributed by atoms with Crippen LogP contribution in [0.2, 0.25) is 0 Å². The van der Waals surface area contributed by atoms with Gasteiger partial charge in [0.2, 0.25) is 11.8 Å². The lowest BCUT2D eigenvalue weighted by Crippen LogP contribution is -2.53. The average Bonchev–Trinajstić information content (AvgIpc) is 3.49. The Morgan fingerprint density at radius 2 is 1.91 bits per heavy atom. The standard InChI is InChI=1S/C23H26BrFN4O5/c24-14-5-6-15(25)13-10-17(27-19(13)14)22(32)28-16(8-11-3-4-11)21(31)29-18(23(33)34)9-12-2-1-7-26-20(12)30/h5-6,10-12,16,18,27H,1-4,7-9H2,(H,26,30)(H,28,32)(H,29,31)(H,33,34)/t12-,16-,18-/m0/s1. The molecule has 3 amide bonds. The first-order valence-corrected chi connectivity index (χ1v) is 12.1. The van der Waals surface area contributed by atoms with Crippen LogP contribution in [0.15, 0.2) is 22.7 Å². The molecule has 11 heteroatoms. The van der Waals surface area contributed by atoms with E-state index in [0.717, 1.165) is 19.3 Å². The zero-order valence-corrected chi connectivity index (χ0v) is 19.9. The Kier molecular flexibility index (Phi) is 7.20. The maximum atomic E-state index is 14.1. The Bertz CT molecular complexity index is 1090. The minimum absolute atomic E-state index is 0.0215. The second-order valence-corrected chi connectivity index (χ2v) is 9.83. The highest BCUT2D eigenvalue weighted by Crippen LogP contribution is 2.34. The number of hydrogen-bond acceptors (Lipinski definition) is 4. The number of benzene rings is 1. The average molecular weight is 537 g/mol. The molecule has 1 aliphatic carbocycles. The van der Waals surface area contributed by atoms with Crippen molar-refractivity contribution >= 4 is 50.5 Å². The number of carbonyl (C=O) groups excluding carboxylic acids is 3. The van der Waals surface area contributed by atoms with E-state index < -0.39 is 41.6 Å². The van der Waals surface area contributed by atoms with Gasteiger partial charge in [0.15, 0.2) is 0 Å². The minimum atomic E-state index is -1.25. The fourth-order valence-corrected chi connectivity index (χ4v) is 4.71. The number of H-pyrrole nitrogens is 1. The Balaban J connectivity index is 1.47. The Labute approximate surface area is 203 Å². The summed E-state index contributed by atoms with van der Waals surface area (Å²) in [6.45, 7) is 0.559. The van der Waals surface area contributed by atoms with Crippen LogP contribution in [0.25, 0.3) is 10.9 Å². The highest BCUT2D eigenvalue weighted by atomic mass is 79.9. The van der Waals surface area contributed by atoms with E-state index in [1.807, 2.05) is 0 Å². The van der Waals surface area contributed by atoms with Gasteiger partial charge in [-0.15, -0.1) is 0 Å². The van der Waals surface area contributed by atoms with Crippen LogP contribution in [-0.4, -0.2) is 52.4 Å². The number of fused-ring (bicyclic) bond motifs is 1. The lowest BCUT2D eigenvalue weighted by molar-refractivity contribution is -0.143. The van der Waals surface area contributed by atoms with Gasteiger partial charge in [-0.3, -0.25) is 14.4 Å². The topological polar surface area (TPSA) is 140 Å². The number of hydrogen-bond donors (Lipinski definition) is 5. The summed E-state index contributed by atoms with van der Waals surface area (Å²) in [5.74, 6) is -3.39. The van der Waals surface area contributed by atoms with Gasteiger partial charge in [0.05, 0.1) is 5.52 Å². The fraction of sp³-hybridized carbons (Fsp3) is 0.478. The first kappa shape index (κ1) is 24.2. The van der Waals surface area contributed by atoms with Crippen molar-refractivity contribution in [3.05, 3.63) is 34.2 Å². The third-order valence-electron chi connectivity index (χ3n) is 6.36. The molecule has 1 aromatic carbocycles. The van der Waals surface area contributed by atoms with Crippen LogP contribution < -0.4 is 16.0 Å². The largest absolute Gasteiger partial charge is 0.480 e. The quantitative estimate of drug-likeness (QED) is 0.334. The molecule has 2 aromatic rings. The summed E-state index contributed by atoms with van der Waals surface area (Å²) in [4.78, 5) is 52.6. The number of amides is 3. The summed E-state index contributed by atoms with van der Waals surface area (Å²) in [7, 11) is 0. The summed E-state index contributed by atoms with van der Waals surface area (Å²) in [6, 6.07) is 1.97. The van der Waals surface area contributed by atoms with Gasteiger partial charge in [0.25, 0.3) is 5.91 Å². The molecule has 1 aliphatic heterocycles. The van der Waals surface area contributed by atoms with Crippen molar-refractivity contribution in [1.82, 2.24) is 20.9 Å². The molecule has 1 saturated carbocycles. The van der Waals surface area contributed by atoms with Crippen LogP contribution in [0.1, 0.15) is 49.0 Å². The Morgan fingerprint density at radius 1 is 1.15 bits per heavy atom. The van der Waals surface area contributed by atoms with Crippen molar-refractivity contribution < 1.29 is 28.7 Å². The van der Waals surface area contributed by atoms with Crippen LogP contribution in [0, 0.1) is 17.7 Å². The zero-order valence-electron chi connectivity index (χ0n) is 18.3. The lowest BCUT2D eigenvalue weighted by atomic mass is 9.91. The number of carbonyl (C=O) groups is 4. The van der Waals surface area contributed by atoms with E-state index in [1.165, 1.54) is 18.2 Å². The maximum absolute atomic E-state index is 14.1. The molecule has 2 aliphatic rings. The molecule has 5 N–H and O–H groups in total. The third-order valence-corrected chi connectivity index (χ3v) is 7.02. The summed E-state index contributed by atoms with van der Waals surface area (Å²) >= 11 is 3.32. The van der Waals surface area contributed by atoms with Crippen LogP contribution in [-0.2, 0) is 14.4 Å². The zero-order chi connectivity index (χ0) is 24.4. The van der Waals surface area contributed by atoms with Crippen LogP contribution >= 0.6 is 15.9 Å². The monoisotopic (exact) mass is 536 g/mol. The summed E-state index contributed by atoms with van der Waals surface area (Å²) < 4.78 is 14.7. The van der Waals surface area contributed by atoms with E-state index in [4.69, 9.17) is 0 Å². The molecule has 1 saturated heterocycles. The van der Waals surface area contributed by atoms with E-state index in [2.05, 4.69) is 36.9 Å². The molecular formula is C23H26BrFN4O5. The molecule has 2 fully saturated rings. The van der Waals surface area contributed by atoms with Crippen molar-refractivity contribution in [2.75, 3.05) is 6.54 Å². The van der Waals surface area contributed by atoms with Crippen LogP contribution in [0.4, 0.5) is 4.39 Å². The highest BCUT2D eigenvalue weighted by Gasteiger charge is 2.35. The van der Waals surface area contributed by atoms with Gasteiger partial charge in [-0.25, -0.2) is 9.18 Å². The third kappa shape index (κ3) is 5.57. The Morgan fingerprint density at radius 3 is 2.56 bits per heavy atom. The Hall–Kier alpha value is -2.95. The number of aliphatic carboxylic acids is 1. The number of piperidine rings is 1. The van der Waals surface area contributed by atoms with Gasteiger partial charge < -0.3 is 26.0 Å². The summed E-state index contributed by atoms with van der Waals surface area (Å²) in [5, 5.41) is 17.8. The lowest BCUT2D eigenvalue weighted by Gasteiger charge is -2.26. The fourth-order valence-electron chi connectivity index (χ4n) is 4.27. The first-order valence-electron chi connectivity index (χ1n) is 11.3. The molecular weight excluding hydrogens is 511 g/mol. The number of aromatic amines is 1. The van der Waals surface area contributed by atoms with E-state index in [0.29, 0.717) is 29.4 Å². The van der Waals surface area contributed by atoms with Crippen molar-refractivity contribution in [3.8, 4) is 0 Å². The van der Waals surface area contributed by atoms with Crippen LogP contribution in [0.5, 0.6) is 0 Å². The van der Waals surface area contributed by atoms with Gasteiger partial charge in [-0.2, -0.15) is 0 Å². The molecule has 3 atom stereocenters. The van der Waals surface area contributed by atoms with Crippen molar-refractivity contribution in [2.24, 2.45) is 11.8 Å². The number of rotatable bonds is 9. The first-order chi connectivity index (χ1) is 16.2. The maximum Gasteiger partial charge on any atom is 0.326 e. The van der Waals surface area contributed by atoms with Gasteiger partial charge in [-0.1, -0.05) is 12.8 Å². The van der Waals surface area contributed by atoms with Gasteiger partial charge >= 0.3 is 5.97 Å². The van der Waals surface area contributed by atoms with E-state index in [1.54, 1.807) is 0 Å². The minimum Gasteiger partial charge on any atom is -0.480 e. The number of carboxylic acids is 1. The number of halogens is 2. The molecule has 1 aromatic heterocycles. The van der Waals surface area contributed by atoms with Gasteiger partial charge in [-0.05, 0) is 65.7 Å². The van der Waals surface area contributed by atoms with Crippen molar-refractivity contribution in [3.63, 3.8) is 0 Å². The molecule has 0 spiro atoms. The number of aromatic nitrogens is 1. The molecule has 0 bridgehead atoms. The van der Waals surface area contributed by atoms with E-state index >= 15 is 0 Å². The molecule has 9 nitrogen and oxygen atoms in total. The summed E-state index contributed by atoms with van der Waals surface area (Å²) in [6.07, 6.45) is 3.50. The normalized spacial score (nSPS) is 19.8. The molecule has 0 unspecified atom stereocenters. The molecule has 34 heavy (non-hydrogen) atoms. The van der Waals surface area contributed by atoms with Gasteiger partial charge in [0, 0.05) is 22.3 Å². The second-order valence-electron chi connectivity index (χ2n) is 8.97. The number of nitrogens with one attached hydrogen (secondary N) is 4. The van der Waals surface area contributed by atoms with E-state index in [9.17, 15) is 28.7 Å². The second kappa shape index (κ2) is 10.1. The van der Waals surface area contributed by atoms with Crippen LogP contribution in [0.3, 0.4) is 0 Å². The predicted octanol–water partition coefficient (Wildman–Crippen LogP) is 2.45. The summed E-state index contributed by atoms with van der Waals surface area (Å²) in [5.41, 5.74) is 0.508. The molecule has 0 radical (unpaired) electrons. The van der Waals surface area contributed by atoms with Crippen molar-refractivity contribution in [2.45, 2.75) is 50.6 Å². The molecule has 4 rings (SSSR count). The predicted molar refractivity (Wildman–Crippen MR) is 124 cm³/mol. The van der Waals surface area contributed by atoms with E-state index in [-0.39, 0.29) is 29.3 Å². The SMILES string of the molecule is O=C(N[C@@H](CC1CC1)C(=O)N[C@@H](C[C@@H]1CCCNC1=O)C(=O)O)c1cc2c(F)ccc(Br)c2[nH]1. The van der Waals surface area contributed by atoms with Gasteiger partial charge in [0.1, 0.15) is 23.6 Å². The molecule has 2 heterocycles. The van der Waals surface area contributed by atoms with Crippen molar-refractivity contribution in [1.29, 1.82) is 0 Å². The molecule has 182 valence electrons. The number of carboxylic acid groups (broad SMARTS) is 1. The smallest absolute Gasteiger partial charge is 0.326 e.